The average molecular weight is 309 g/mol. The Hall–Kier alpha value is -2.96. The second kappa shape index (κ2) is 5.35. The average Bonchev–Trinajstić information content (AvgIpc) is 3.16. The Balaban J connectivity index is 1.42. The van der Waals surface area contributed by atoms with E-state index in [9.17, 15) is 4.79 Å². The van der Waals surface area contributed by atoms with E-state index < -0.39 is 0 Å². The highest BCUT2D eigenvalue weighted by Gasteiger charge is 2.34. The van der Waals surface area contributed by atoms with Crippen LogP contribution in [0.4, 0.5) is 0 Å². The number of aromatic nitrogens is 4. The van der Waals surface area contributed by atoms with E-state index in [4.69, 9.17) is 4.52 Å². The molecule has 1 saturated heterocycles. The van der Waals surface area contributed by atoms with Crippen molar-refractivity contribution in [3.05, 3.63) is 54.0 Å². The molecule has 1 amide bonds. The van der Waals surface area contributed by atoms with E-state index in [2.05, 4.69) is 15.5 Å². The molecule has 0 aliphatic carbocycles. The molecule has 116 valence electrons. The van der Waals surface area contributed by atoms with E-state index in [-0.39, 0.29) is 17.7 Å². The Morgan fingerprint density at radius 1 is 1.26 bits per heavy atom. The molecule has 0 radical (unpaired) electrons. The zero-order valence-corrected chi connectivity index (χ0v) is 12.6. The molecule has 4 rings (SSSR count). The fraction of sp³-hybridized carbons (Fsp3) is 0.250. The Morgan fingerprint density at radius 3 is 2.74 bits per heavy atom. The molecular weight excluding hydrogens is 294 g/mol. The van der Waals surface area contributed by atoms with Gasteiger partial charge in [-0.25, -0.2) is 4.68 Å². The van der Waals surface area contributed by atoms with Gasteiger partial charge in [-0.3, -0.25) is 4.79 Å². The molecule has 1 aromatic carbocycles. The second-order valence-corrected chi connectivity index (χ2v) is 5.65. The number of hydrogen-bond donors (Lipinski definition) is 0. The van der Waals surface area contributed by atoms with Gasteiger partial charge < -0.3 is 9.42 Å². The van der Waals surface area contributed by atoms with Crippen LogP contribution >= 0.6 is 0 Å². The maximum atomic E-state index is 12.2. The van der Waals surface area contributed by atoms with Crippen molar-refractivity contribution < 1.29 is 9.32 Å². The van der Waals surface area contributed by atoms with Gasteiger partial charge in [-0.2, -0.15) is 0 Å². The van der Waals surface area contributed by atoms with E-state index in [1.807, 2.05) is 41.2 Å². The van der Waals surface area contributed by atoms with E-state index in [0.29, 0.717) is 18.8 Å². The normalized spacial score (nSPS) is 14.7. The molecule has 1 aliphatic heterocycles. The third-order valence-corrected chi connectivity index (χ3v) is 3.94. The summed E-state index contributed by atoms with van der Waals surface area (Å²) in [4.78, 5) is 13.9. The highest BCUT2D eigenvalue weighted by atomic mass is 16.5. The van der Waals surface area contributed by atoms with Crippen molar-refractivity contribution in [2.75, 3.05) is 13.1 Å². The lowest BCUT2D eigenvalue weighted by atomic mass is 10.1. The van der Waals surface area contributed by atoms with Crippen molar-refractivity contribution >= 4 is 5.91 Å². The van der Waals surface area contributed by atoms with Crippen LogP contribution in [0.2, 0.25) is 0 Å². The molecular formula is C16H15N5O2. The highest BCUT2D eigenvalue weighted by Crippen LogP contribution is 2.24. The lowest BCUT2D eigenvalue weighted by molar-refractivity contribution is 0.0458. The number of carbonyl (C=O) groups is 1. The Labute approximate surface area is 132 Å². The van der Waals surface area contributed by atoms with Gasteiger partial charge in [-0.1, -0.05) is 40.7 Å². The minimum absolute atomic E-state index is 0.134. The summed E-state index contributed by atoms with van der Waals surface area (Å²) >= 11 is 0. The zero-order valence-electron chi connectivity index (χ0n) is 12.6. The van der Waals surface area contributed by atoms with Gasteiger partial charge in [-0.05, 0) is 6.92 Å². The predicted molar refractivity (Wildman–Crippen MR) is 81.6 cm³/mol. The van der Waals surface area contributed by atoms with E-state index in [0.717, 1.165) is 11.3 Å². The third-order valence-electron chi connectivity index (χ3n) is 3.94. The zero-order chi connectivity index (χ0) is 15.8. The van der Waals surface area contributed by atoms with Gasteiger partial charge in [0.15, 0.2) is 0 Å². The number of benzene rings is 1. The minimum Gasteiger partial charge on any atom is -0.351 e. The summed E-state index contributed by atoms with van der Waals surface area (Å²) in [6, 6.07) is 11.7. The van der Waals surface area contributed by atoms with Crippen LogP contribution in [0.5, 0.6) is 0 Å². The quantitative estimate of drug-likeness (QED) is 0.739. The molecule has 0 unspecified atom stereocenters. The van der Waals surface area contributed by atoms with Gasteiger partial charge in [0.1, 0.15) is 5.69 Å². The largest absolute Gasteiger partial charge is 0.351 e. The van der Waals surface area contributed by atoms with Crippen LogP contribution in [0.1, 0.15) is 22.3 Å². The third kappa shape index (κ3) is 2.50. The molecule has 0 N–H and O–H groups in total. The number of aryl methyl sites for hydroxylation is 1. The molecule has 0 saturated carbocycles. The van der Waals surface area contributed by atoms with Gasteiger partial charge in [0.05, 0.1) is 17.9 Å². The molecule has 2 aromatic heterocycles. The van der Waals surface area contributed by atoms with Crippen molar-refractivity contribution in [3.8, 4) is 11.3 Å². The van der Waals surface area contributed by atoms with Gasteiger partial charge in [0.25, 0.3) is 5.91 Å². The van der Waals surface area contributed by atoms with Gasteiger partial charge in [0, 0.05) is 24.7 Å². The molecule has 3 aromatic rings. The first kappa shape index (κ1) is 13.7. The maximum absolute atomic E-state index is 12.2. The maximum Gasteiger partial charge on any atom is 0.292 e. The lowest BCUT2D eigenvalue weighted by Crippen LogP contribution is -2.50. The number of rotatable bonds is 3. The molecule has 0 bridgehead atoms. The summed E-state index contributed by atoms with van der Waals surface area (Å²) < 4.78 is 6.83. The van der Waals surface area contributed by atoms with Gasteiger partial charge in [-0.15, -0.1) is 5.10 Å². The number of amides is 1. The molecule has 7 heteroatoms. The fourth-order valence-electron chi connectivity index (χ4n) is 2.61. The van der Waals surface area contributed by atoms with Crippen LogP contribution in [0.3, 0.4) is 0 Å². The van der Waals surface area contributed by atoms with Crippen molar-refractivity contribution in [1.29, 1.82) is 0 Å². The van der Waals surface area contributed by atoms with Crippen molar-refractivity contribution in [2.24, 2.45) is 0 Å². The Morgan fingerprint density at radius 2 is 2.04 bits per heavy atom. The van der Waals surface area contributed by atoms with Crippen LogP contribution in [-0.2, 0) is 0 Å². The van der Waals surface area contributed by atoms with Crippen molar-refractivity contribution in [2.45, 2.75) is 13.0 Å². The first-order chi connectivity index (χ1) is 11.2. The second-order valence-electron chi connectivity index (χ2n) is 5.65. The molecule has 0 atom stereocenters. The topological polar surface area (TPSA) is 77.0 Å². The predicted octanol–water partition coefficient (Wildman–Crippen LogP) is 1.94. The molecule has 1 fully saturated rings. The van der Waals surface area contributed by atoms with E-state index in [1.54, 1.807) is 17.9 Å². The van der Waals surface area contributed by atoms with Gasteiger partial charge in [0.2, 0.25) is 5.76 Å². The number of carbonyl (C=O) groups excluding carboxylic acids is 1. The number of likely N-dealkylation sites (tertiary alicyclic amines) is 1. The molecule has 7 nitrogen and oxygen atoms in total. The van der Waals surface area contributed by atoms with Crippen molar-refractivity contribution in [1.82, 2.24) is 25.1 Å². The highest BCUT2D eigenvalue weighted by molar-refractivity contribution is 5.92. The van der Waals surface area contributed by atoms with Gasteiger partial charge >= 0.3 is 0 Å². The SMILES string of the molecule is Cc1cc(C(=O)N2CC(n3cc(-c4ccccc4)nn3)C2)on1. The minimum atomic E-state index is -0.134. The summed E-state index contributed by atoms with van der Waals surface area (Å²) in [6.45, 7) is 2.98. The molecule has 23 heavy (non-hydrogen) atoms. The number of hydrogen-bond acceptors (Lipinski definition) is 5. The summed E-state index contributed by atoms with van der Waals surface area (Å²) in [6.07, 6.45) is 1.92. The van der Waals surface area contributed by atoms with E-state index in [1.165, 1.54) is 0 Å². The molecule has 0 spiro atoms. The van der Waals surface area contributed by atoms with Crippen molar-refractivity contribution in [3.63, 3.8) is 0 Å². The number of nitrogens with zero attached hydrogens (tertiary/aromatic N) is 5. The Bertz CT molecular complexity index is 833. The van der Waals surface area contributed by atoms with Crippen LogP contribution in [0.25, 0.3) is 11.3 Å². The van der Waals surface area contributed by atoms with Crippen LogP contribution < -0.4 is 0 Å². The smallest absolute Gasteiger partial charge is 0.292 e. The monoisotopic (exact) mass is 309 g/mol. The van der Waals surface area contributed by atoms with Crippen LogP contribution in [0, 0.1) is 6.92 Å². The summed E-state index contributed by atoms with van der Waals surface area (Å²) in [5, 5.41) is 12.1. The Kier molecular flexibility index (Phi) is 3.18. The van der Waals surface area contributed by atoms with Crippen LogP contribution in [-0.4, -0.2) is 44.0 Å². The van der Waals surface area contributed by atoms with E-state index >= 15 is 0 Å². The first-order valence-electron chi connectivity index (χ1n) is 7.40. The van der Waals surface area contributed by atoms with Crippen LogP contribution in [0.15, 0.2) is 47.1 Å². The lowest BCUT2D eigenvalue weighted by Gasteiger charge is -2.38. The summed E-state index contributed by atoms with van der Waals surface area (Å²) in [5.41, 5.74) is 2.57. The first-order valence-corrected chi connectivity index (χ1v) is 7.40. The summed E-state index contributed by atoms with van der Waals surface area (Å²) in [7, 11) is 0. The standard InChI is InChI=1S/C16H15N5O2/c1-11-7-15(23-18-11)16(22)20-8-13(9-20)21-10-14(17-19-21)12-5-3-2-4-6-12/h2-7,10,13H,8-9H2,1H3. The fourth-order valence-corrected chi connectivity index (χ4v) is 2.61. The molecule has 1 aliphatic rings. The molecule has 3 heterocycles. The summed E-state index contributed by atoms with van der Waals surface area (Å²) in [5.74, 6) is 0.148.